The summed E-state index contributed by atoms with van der Waals surface area (Å²) in [6.07, 6.45) is -0.608. The topological polar surface area (TPSA) is 67.9 Å². The highest BCUT2D eigenvalue weighted by molar-refractivity contribution is 5.94. The number of rotatable bonds is 7. The van der Waals surface area contributed by atoms with Gasteiger partial charge in [0.2, 0.25) is 0 Å². The van der Waals surface area contributed by atoms with Gasteiger partial charge in [0.1, 0.15) is 5.75 Å². The van der Waals surface area contributed by atoms with Crippen molar-refractivity contribution in [3.05, 3.63) is 29.8 Å². The van der Waals surface area contributed by atoms with E-state index in [9.17, 15) is 9.59 Å². The van der Waals surface area contributed by atoms with E-state index in [1.165, 1.54) is 6.92 Å². The Morgan fingerprint density at radius 3 is 2.40 bits per heavy atom. The molecule has 1 unspecified atom stereocenters. The van der Waals surface area contributed by atoms with Crippen LogP contribution in [0, 0.1) is 0 Å². The van der Waals surface area contributed by atoms with Gasteiger partial charge >= 0.3 is 0 Å². The zero-order valence-corrected chi connectivity index (χ0v) is 15.5. The molecule has 1 aliphatic heterocycles. The molecule has 6 nitrogen and oxygen atoms in total. The first-order valence-electron chi connectivity index (χ1n) is 8.68. The maximum Gasteiger partial charge on any atom is 0.260 e. The van der Waals surface area contributed by atoms with E-state index in [0.29, 0.717) is 17.9 Å². The number of nitrogens with zero attached hydrogens (tertiary/aromatic N) is 1. The van der Waals surface area contributed by atoms with E-state index < -0.39 is 6.10 Å². The molecule has 0 aromatic heterocycles. The summed E-state index contributed by atoms with van der Waals surface area (Å²) in [5.41, 5.74) is 0.485. The Bertz CT molecular complexity index is 592. The van der Waals surface area contributed by atoms with Crippen LogP contribution in [0.4, 0.5) is 0 Å². The second-order valence-electron chi connectivity index (χ2n) is 6.97. The summed E-state index contributed by atoms with van der Waals surface area (Å²) in [6.45, 7) is 11.2. The van der Waals surface area contributed by atoms with Crippen LogP contribution in [0.1, 0.15) is 38.1 Å². The number of carbonyl (C=O) groups is 2. The average Bonchev–Trinajstić information content (AvgIpc) is 2.61. The lowest BCUT2D eigenvalue weighted by atomic mass is 10.0. The van der Waals surface area contributed by atoms with E-state index >= 15 is 0 Å². The second kappa shape index (κ2) is 8.45. The van der Waals surface area contributed by atoms with Gasteiger partial charge in [-0.15, -0.1) is 0 Å². The van der Waals surface area contributed by atoms with Crippen molar-refractivity contribution in [3.8, 4) is 5.75 Å². The van der Waals surface area contributed by atoms with E-state index in [2.05, 4.69) is 24.1 Å². The molecule has 1 fully saturated rings. The molecule has 1 heterocycles. The molecule has 2 rings (SSSR count). The number of carbonyl (C=O) groups excluding carboxylic acids is 2. The van der Waals surface area contributed by atoms with Crippen molar-refractivity contribution in [3.63, 3.8) is 0 Å². The molecule has 6 heteroatoms. The lowest BCUT2D eigenvalue weighted by Crippen LogP contribution is -2.56. The molecule has 1 aromatic rings. The van der Waals surface area contributed by atoms with Crippen molar-refractivity contribution in [2.24, 2.45) is 0 Å². The summed E-state index contributed by atoms with van der Waals surface area (Å²) in [6, 6.07) is 6.81. The lowest BCUT2D eigenvalue weighted by Gasteiger charge is -2.41. The summed E-state index contributed by atoms with van der Waals surface area (Å²) >= 11 is 0. The van der Waals surface area contributed by atoms with Crippen molar-refractivity contribution in [1.82, 2.24) is 10.2 Å². The largest absolute Gasteiger partial charge is 0.481 e. The van der Waals surface area contributed by atoms with E-state index in [-0.39, 0.29) is 17.2 Å². The molecule has 0 aliphatic carbocycles. The van der Waals surface area contributed by atoms with E-state index in [1.807, 2.05) is 0 Å². The van der Waals surface area contributed by atoms with Gasteiger partial charge in [-0.25, -0.2) is 0 Å². The molecule has 138 valence electrons. The number of ketones is 1. The van der Waals surface area contributed by atoms with Crippen molar-refractivity contribution in [1.29, 1.82) is 0 Å². The first-order chi connectivity index (χ1) is 11.8. The lowest BCUT2D eigenvalue weighted by molar-refractivity contribution is -0.128. The van der Waals surface area contributed by atoms with Gasteiger partial charge in [0.25, 0.3) is 5.91 Å². The SMILES string of the molecule is CC(=O)c1ccc(OC(C)C(=O)NCC(C)(C)N2CCOCC2)cc1. The van der Waals surface area contributed by atoms with Gasteiger partial charge in [0.15, 0.2) is 11.9 Å². The minimum Gasteiger partial charge on any atom is -0.481 e. The third-order valence-electron chi connectivity index (χ3n) is 4.51. The summed E-state index contributed by atoms with van der Waals surface area (Å²) in [5, 5.41) is 2.97. The number of nitrogens with one attached hydrogen (secondary N) is 1. The number of morpholine rings is 1. The predicted molar refractivity (Wildman–Crippen MR) is 96.0 cm³/mol. The van der Waals surface area contributed by atoms with Crippen LogP contribution < -0.4 is 10.1 Å². The number of hydrogen-bond donors (Lipinski definition) is 1. The molecule has 1 N–H and O–H groups in total. The number of hydrogen-bond acceptors (Lipinski definition) is 5. The Balaban J connectivity index is 1.84. The third kappa shape index (κ3) is 5.54. The van der Waals surface area contributed by atoms with Crippen LogP contribution in [0.15, 0.2) is 24.3 Å². The zero-order valence-electron chi connectivity index (χ0n) is 15.5. The van der Waals surface area contributed by atoms with Crippen LogP contribution in [0.2, 0.25) is 0 Å². The van der Waals surface area contributed by atoms with Crippen LogP contribution in [0.25, 0.3) is 0 Å². The van der Waals surface area contributed by atoms with Crippen molar-refractivity contribution in [2.75, 3.05) is 32.8 Å². The number of Topliss-reactive ketones (excluding diaryl/α,β-unsaturated/α-hetero) is 1. The van der Waals surface area contributed by atoms with Gasteiger partial charge in [0.05, 0.1) is 13.2 Å². The normalized spacial score (nSPS) is 17.0. The van der Waals surface area contributed by atoms with Gasteiger partial charge in [-0.1, -0.05) is 0 Å². The molecule has 0 spiro atoms. The number of ether oxygens (including phenoxy) is 2. The molecule has 25 heavy (non-hydrogen) atoms. The molecule has 1 aromatic carbocycles. The Kier molecular flexibility index (Phi) is 6.56. The second-order valence-corrected chi connectivity index (χ2v) is 6.97. The average molecular weight is 348 g/mol. The summed E-state index contributed by atoms with van der Waals surface area (Å²) in [5.74, 6) is 0.416. The standard InChI is InChI=1S/C19H28N2O4/c1-14(22)16-5-7-17(8-6-16)25-15(2)18(23)20-13-19(3,4)21-9-11-24-12-10-21/h5-8,15H,9-13H2,1-4H3,(H,20,23). The Morgan fingerprint density at radius 1 is 1.24 bits per heavy atom. The quantitative estimate of drug-likeness (QED) is 0.762. The maximum atomic E-state index is 12.3. The molecule has 1 aliphatic rings. The fourth-order valence-corrected chi connectivity index (χ4v) is 2.75. The Morgan fingerprint density at radius 2 is 1.84 bits per heavy atom. The first-order valence-corrected chi connectivity index (χ1v) is 8.68. The van der Waals surface area contributed by atoms with Crippen molar-refractivity contribution in [2.45, 2.75) is 39.3 Å². The molecule has 1 atom stereocenters. The third-order valence-corrected chi connectivity index (χ3v) is 4.51. The van der Waals surface area contributed by atoms with E-state index in [1.54, 1.807) is 31.2 Å². The number of benzene rings is 1. The zero-order chi connectivity index (χ0) is 18.4. The van der Waals surface area contributed by atoms with E-state index in [0.717, 1.165) is 26.3 Å². The highest BCUT2D eigenvalue weighted by atomic mass is 16.5. The molecule has 0 bridgehead atoms. The van der Waals surface area contributed by atoms with Gasteiger partial charge in [-0.3, -0.25) is 14.5 Å². The first kappa shape index (κ1) is 19.4. The highest BCUT2D eigenvalue weighted by Gasteiger charge is 2.29. The Hall–Kier alpha value is -1.92. The monoisotopic (exact) mass is 348 g/mol. The molecule has 0 saturated carbocycles. The minimum atomic E-state index is -0.608. The van der Waals surface area contributed by atoms with Gasteiger partial charge in [0, 0.05) is 30.7 Å². The van der Waals surface area contributed by atoms with Gasteiger partial charge in [-0.05, 0) is 52.0 Å². The fraction of sp³-hybridized carbons (Fsp3) is 0.579. The van der Waals surface area contributed by atoms with E-state index in [4.69, 9.17) is 9.47 Å². The fourth-order valence-electron chi connectivity index (χ4n) is 2.75. The van der Waals surface area contributed by atoms with Crippen LogP contribution >= 0.6 is 0 Å². The molecule has 0 radical (unpaired) electrons. The number of amides is 1. The van der Waals surface area contributed by atoms with Crippen molar-refractivity contribution < 1.29 is 19.1 Å². The Labute approximate surface area is 149 Å². The summed E-state index contributed by atoms with van der Waals surface area (Å²) in [7, 11) is 0. The maximum absolute atomic E-state index is 12.3. The van der Waals surface area contributed by atoms with Gasteiger partial charge in [-0.2, -0.15) is 0 Å². The van der Waals surface area contributed by atoms with Gasteiger partial charge < -0.3 is 14.8 Å². The smallest absolute Gasteiger partial charge is 0.260 e. The molecular formula is C19H28N2O4. The molecule has 1 amide bonds. The molecule has 1 saturated heterocycles. The van der Waals surface area contributed by atoms with Crippen LogP contribution in [-0.2, 0) is 9.53 Å². The van der Waals surface area contributed by atoms with Crippen molar-refractivity contribution >= 4 is 11.7 Å². The van der Waals surface area contributed by atoms with Crippen LogP contribution in [-0.4, -0.2) is 61.1 Å². The minimum absolute atomic E-state index is 0.00249. The van der Waals surface area contributed by atoms with Crippen LogP contribution in [0.3, 0.4) is 0 Å². The summed E-state index contributed by atoms with van der Waals surface area (Å²) in [4.78, 5) is 25.9. The predicted octanol–water partition coefficient (Wildman–Crippen LogP) is 1.88. The van der Waals surface area contributed by atoms with Crippen LogP contribution in [0.5, 0.6) is 5.75 Å². The highest BCUT2D eigenvalue weighted by Crippen LogP contribution is 2.16. The summed E-state index contributed by atoms with van der Waals surface area (Å²) < 4.78 is 11.0. The molecular weight excluding hydrogens is 320 g/mol.